The van der Waals surface area contributed by atoms with Gasteiger partial charge in [-0.05, 0) is 29.9 Å². The first-order valence-electron chi connectivity index (χ1n) is 7.48. The van der Waals surface area contributed by atoms with Gasteiger partial charge in [-0.2, -0.15) is 0 Å². The molecule has 0 bridgehead atoms. The lowest BCUT2D eigenvalue weighted by Gasteiger charge is -2.25. The zero-order valence-electron chi connectivity index (χ0n) is 13.1. The molecule has 1 aromatic heterocycles. The summed E-state index contributed by atoms with van der Waals surface area (Å²) in [4.78, 5) is 20.9. The first-order chi connectivity index (χ1) is 10.0. The summed E-state index contributed by atoms with van der Waals surface area (Å²) in [6.07, 6.45) is 3.25. The van der Waals surface area contributed by atoms with E-state index in [1.165, 1.54) is 0 Å². The molecule has 0 unspecified atom stereocenters. The third kappa shape index (κ3) is 3.57. The summed E-state index contributed by atoms with van der Waals surface area (Å²) in [5.41, 5.74) is 1.99. The molecule has 112 valence electrons. The van der Waals surface area contributed by atoms with Crippen LogP contribution in [0, 0.1) is 17.8 Å². The number of benzene rings is 1. The highest BCUT2D eigenvalue weighted by atomic mass is 16.1. The molecule has 0 radical (unpaired) electrons. The molecule has 21 heavy (non-hydrogen) atoms. The zero-order chi connectivity index (χ0) is 15.4. The number of nitrogens with zero attached hydrogens (tertiary/aromatic N) is 2. The van der Waals surface area contributed by atoms with Crippen molar-refractivity contribution in [3.63, 3.8) is 0 Å². The SMILES string of the molecule is CC(C)C(CNC(=O)c1cccc2nccnc12)C(C)C. The average molecular weight is 285 g/mol. The quantitative estimate of drug-likeness (QED) is 0.917. The summed E-state index contributed by atoms with van der Waals surface area (Å²) >= 11 is 0. The lowest BCUT2D eigenvalue weighted by molar-refractivity contribution is 0.0938. The highest BCUT2D eigenvalue weighted by Gasteiger charge is 2.19. The molecule has 0 aliphatic heterocycles. The van der Waals surface area contributed by atoms with Crippen molar-refractivity contribution in [1.82, 2.24) is 15.3 Å². The van der Waals surface area contributed by atoms with Gasteiger partial charge in [0.15, 0.2) is 0 Å². The van der Waals surface area contributed by atoms with E-state index in [1.54, 1.807) is 18.5 Å². The molecule has 0 atom stereocenters. The van der Waals surface area contributed by atoms with Crippen molar-refractivity contribution >= 4 is 16.9 Å². The van der Waals surface area contributed by atoms with Crippen molar-refractivity contribution in [1.29, 1.82) is 0 Å². The Morgan fingerprint density at radius 1 is 1.10 bits per heavy atom. The molecule has 4 nitrogen and oxygen atoms in total. The van der Waals surface area contributed by atoms with Gasteiger partial charge < -0.3 is 5.32 Å². The van der Waals surface area contributed by atoms with Crippen LogP contribution in [0.5, 0.6) is 0 Å². The third-order valence-corrected chi connectivity index (χ3v) is 3.95. The standard InChI is InChI=1S/C17H23N3O/c1-11(2)14(12(3)4)10-20-17(21)13-6-5-7-15-16(13)19-9-8-18-15/h5-9,11-12,14H,10H2,1-4H3,(H,20,21). The number of carbonyl (C=O) groups is 1. The van der Waals surface area contributed by atoms with Crippen LogP contribution in [0.25, 0.3) is 11.0 Å². The van der Waals surface area contributed by atoms with Crippen LogP contribution in [0.1, 0.15) is 38.1 Å². The number of aromatic nitrogens is 2. The Morgan fingerprint density at radius 3 is 2.43 bits per heavy atom. The summed E-state index contributed by atoms with van der Waals surface area (Å²) in [7, 11) is 0. The van der Waals surface area contributed by atoms with Crippen molar-refractivity contribution in [2.24, 2.45) is 17.8 Å². The van der Waals surface area contributed by atoms with E-state index in [-0.39, 0.29) is 5.91 Å². The van der Waals surface area contributed by atoms with E-state index in [9.17, 15) is 4.79 Å². The fraction of sp³-hybridized carbons (Fsp3) is 0.471. The molecule has 0 aliphatic carbocycles. The van der Waals surface area contributed by atoms with E-state index in [0.717, 1.165) is 5.52 Å². The van der Waals surface area contributed by atoms with Crippen molar-refractivity contribution in [3.05, 3.63) is 36.2 Å². The van der Waals surface area contributed by atoms with Gasteiger partial charge >= 0.3 is 0 Å². The van der Waals surface area contributed by atoms with Crippen molar-refractivity contribution in [2.45, 2.75) is 27.7 Å². The molecular weight excluding hydrogens is 262 g/mol. The second kappa shape index (κ2) is 6.66. The van der Waals surface area contributed by atoms with Gasteiger partial charge in [-0.25, -0.2) is 0 Å². The molecule has 2 rings (SSSR count). The number of rotatable bonds is 5. The van der Waals surface area contributed by atoms with Crippen LogP contribution in [0.2, 0.25) is 0 Å². The van der Waals surface area contributed by atoms with E-state index < -0.39 is 0 Å². The highest BCUT2D eigenvalue weighted by Crippen LogP contribution is 2.20. The van der Waals surface area contributed by atoms with Gasteiger partial charge in [-0.1, -0.05) is 33.8 Å². The van der Waals surface area contributed by atoms with Crippen molar-refractivity contribution in [2.75, 3.05) is 6.54 Å². The minimum absolute atomic E-state index is 0.0765. The van der Waals surface area contributed by atoms with Crippen LogP contribution in [-0.2, 0) is 0 Å². The van der Waals surface area contributed by atoms with E-state index in [1.807, 2.05) is 12.1 Å². The number of amides is 1. The summed E-state index contributed by atoms with van der Waals surface area (Å²) in [5.74, 6) is 1.47. The normalized spacial score (nSPS) is 11.6. The lowest BCUT2D eigenvalue weighted by atomic mass is 9.85. The first kappa shape index (κ1) is 15.4. The highest BCUT2D eigenvalue weighted by molar-refractivity contribution is 6.04. The van der Waals surface area contributed by atoms with Crippen LogP contribution >= 0.6 is 0 Å². The van der Waals surface area contributed by atoms with Gasteiger partial charge in [-0.3, -0.25) is 14.8 Å². The fourth-order valence-electron chi connectivity index (χ4n) is 2.72. The molecular formula is C17H23N3O. The maximum Gasteiger partial charge on any atom is 0.253 e. The second-order valence-electron chi connectivity index (χ2n) is 6.09. The molecule has 2 aromatic rings. The molecule has 1 N–H and O–H groups in total. The second-order valence-corrected chi connectivity index (χ2v) is 6.09. The van der Waals surface area contributed by atoms with E-state index in [2.05, 4.69) is 43.0 Å². The zero-order valence-corrected chi connectivity index (χ0v) is 13.1. The Balaban J connectivity index is 2.16. The van der Waals surface area contributed by atoms with Gasteiger partial charge in [0.2, 0.25) is 0 Å². The number of hydrogen-bond acceptors (Lipinski definition) is 3. The minimum atomic E-state index is -0.0765. The number of para-hydroxylation sites is 1. The Hall–Kier alpha value is -1.97. The summed E-state index contributed by atoms with van der Waals surface area (Å²) < 4.78 is 0. The minimum Gasteiger partial charge on any atom is -0.352 e. The molecule has 0 saturated heterocycles. The van der Waals surface area contributed by atoms with E-state index in [0.29, 0.717) is 35.4 Å². The summed E-state index contributed by atoms with van der Waals surface area (Å²) in [6, 6.07) is 5.50. The van der Waals surface area contributed by atoms with Crippen LogP contribution in [0.4, 0.5) is 0 Å². The van der Waals surface area contributed by atoms with Crippen LogP contribution in [-0.4, -0.2) is 22.4 Å². The summed E-state index contributed by atoms with van der Waals surface area (Å²) in [6.45, 7) is 9.46. The fourth-order valence-corrected chi connectivity index (χ4v) is 2.72. The third-order valence-electron chi connectivity index (χ3n) is 3.95. The average Bonchev–Trinajstić information content (AvgIpc) is 2.46. The molecule has 0 saturated carbocycles. The lowest BCUT2D eigenvalue weighted by Crippen LogP contribution is -2.34. The Bertz CT molecular complexity index is 609. The largest absolute Gasteiger partial charge is 0.352 e. The van der Waals surface area contributed by atoms with Gasteiger partial charge in [0, 0.05) is 18.9 Å². The number of nitrogens with one attached hydrogen (secondary N) is 1. The van der Waals surface area contributed by atoms with Gasteiger partial charge in [0.1, 0.15) is 5.52 Å². The van der Waals surface area contributed by atoms with Crippen LogP contribution in [0.3, 0.4) is 0 Å². The Morgan fingerprint density at radius 2 is 1.76 bits per heavy atom. The molecule has 1 aromatic carbocycles. The maximum absolute atomic E-state index is 12.4. The molecule has 1 amide bonds. The van der Waals surface area contributed by atoms with Gasteiger partial charge in [0.25, 0.3) is 5.91 Å². The van der Waals surface area contributed by atoms with E-state index in [4.69, 9.17) is 0 Å². The maximum atomic E-state index is 12.4. The predicted octanol–water partition coefficient (Wildman–Crippen LogP) is 3.29. The summed E-state index contributed by atoms with van der Waals surface area (Å²) in [5, 5.41) is 3.05. The molecule has 4 heteroatoms. The number of fused-ring (bicyclic) bond motifs is 1. The van der Waals surface area contributed by atoms with E-state index >= 15 is 0 Å². The number of hydrogen-bond donors (Lipinski definition) is 1. The van der Waals surface area contributed by atoms with Crippen molar-refractivity contribution in [3.8, 4) is 0 Å². The molecule has 1 heterocycles. The van der Waals surface area contributed by atoms with Crippen LogP contribution < -0.4 is 5.32 Å². The van der Waals surface area contributed by atoms with Crippen molar-refractivity contribution < 1.29 is 4.79 Å². The Kier molecular flexibility index (Phi) is 4.89. The topological polar surface area (TPSA) is 54.9 Å². The van der Waals surface area contributed by atoms with Gasteiger partial charge in [-0.15, -0.1) is 0 Å². The smallest absolute Gasteiger partial charge is 0.253 e. The first-order valence-corrected chi connectivity index (χ1v) is 7.48. The van der Waals surface area contributed by atoms with Gasteiger partial charge in [0.05, 0.1) is 11.1 Å². The molecule has 0 fully saturated rings. The molecule has 0 aliphatic rings. The Labute approximate surface area is 126 Å². The monoisotopic (exact) mass is 285 g/mol. The predicted molar refractivity (Wildman–Crippen MR) is 85.0 cm³/mol. The number of carbonyl (C=O) groups excluding carboxylic acids is 1. The van der Waals surface area contributed by atoms with Crippen LogP contribution in [0.15, 0.2) is 30.6 Å². The molecule has 0 spiro atoms.